The average Bonchev–Trinajstić information content (AvgIpc) is 2.50. The summed E-state index contributed by atoms with van der Waals surface area (Å²) in [4.78, 5) is 27.2. The Morgan fingerprint density at radius 1 is 1.24 bits per heavy atom. The Labute approximate surface area is 125 Å². The Morgan fingerprint density at radius 2 is 1.86 bits per heavy atom. The average molecular weight is 293 g/mol. The van der Waals surface area contributed by atoms with Gasteiger partial charge in [-0.05, 0) is 5.56 Å². The number of amides is 2. The minimum absolute atomic E-state index is 0.00424. The second-order valence-corrected chi connectivity index (χ2v) is 4.93. The molecule has 0 aliphatic carbocycles. The number of methoxy groups -OCH3 is 1. The zero-order valence-corrected chi connectivity index (χ0v) is 12.8. The summed E-state index contributed by atoms with van der Waals surface area (Å²) in [5, 5.41) is 0. The summed E-state index contributed by atoms with van der Waals surface area (Å²) < 4.78 is 4.99. The first-order chi connectivity index (χ1) is 9.97. The molecular formula is C15H23N3O3. The van der Waals surface area contributed by atoms with Crippen LogP contribution in [-0.4, -0.2) is 62.5 Å². The third-order valence-corrected chi connectivity index (χ3v) is 3.13. The molecule has 2 amide bonds. The minimum Gasteiger partial charge on any atom is -0.383 e. The van der Waals surface area contributed by atoms with Gasteiger partial charge in [0.05, 0.1) is 13.2 Å². The number of likely N-dealkylation sites (N-methyl/N-ethyl adjacent to an activating group) is 1. The number of carbonyl (C=O) groups excluding carboxylic acids is 2. The highest BCUT2D eigenvalue weighted by Crippen LogP contribution is 2.13. The van der Waals surface area contributed by atoms with Gasteiger partial charge in [-0.3, -0.25) is 9.59 Å². The van der Waals surface area contributed by atoms with Crippen molar-refractivity contribution < 1.29 is 14.3 Å². The van der Waals surface area contributed by atoms with Crippen LogP contribution in [0.5, 0.6) is 0 Å². The Kier molecular flexibility index (Phi) is 6.84. The fraction of sp³-hybridized carbons (Fsp3) is 0.467. The molecule has 0 bridgehead atoms. The lowest BCUT2D eigenvalue weighted by Crippen LogP contribution is -2.45. The molecule has 0 radical (unpaired) electrons. The van der Waals surface area contributed by atoms with Crippen LogP contribution in [0.2, 0.25) is 0 Å². The molecule has 1 rings (SSSR count). The molecule has 0 saturated heterocycles. The topological polar surface area (TPSA) is 75.9 Å². The first kappa shape index (κ1) is 17.1. The number of ether oxygens (including phenoxy) is 1. The van der Waals surface area contributed by atoms with Crippen molar-refractivity contribution in [2.75, 3.05) is 40.9 Å². The van der Waals surface area contributed by atoms with Crippen molar-refractivity contribution >= 4 is 11.8 Å². The standard InChI is InChI=1S/C15H23N3O3/c1-17(2)13(19)11-18(9-10-21-3)15(20)14(16)12-7-5-4-6-8-12/h4-8,14H,9-11,16H2,1-3H3. The maximum absolute atomic E-state index is 12.5. The Balaban J connectivity index is 2.81. The lowest BCUT2D eigenvalue weighted by molar-refractivity contribution is -0.140. The van der Waals surface area contributed by atoms with Crippen molar-refractivity contribution in [2.24, 2.45) is 5.73 Å². The molecule has 0 aliphatic rings. The van der Waals surface area contributed by atoms with E-state index in [0.717, 1.165) is 5.56 Å². The largest absolute Gasteiger partial charge is 0.383 e. The molecule has 21 heavy (non-hydrogen) atoms. The third kappa shape index (κ3) is 5.17. The molecule has 0 aliphatic heterocycles. The number of carbonyl (C=O) groups is 2. The van der Waals surface area contributed by atoms with E-state index >= 15 is 0 Å². The summed E-state index contributed by atoms with van der Waals surface area (Å²) in [6.45, 7) is 0.680. The molecule has 0 fully saturated rings. The van der Waals surface area contributed by atoms with Gasteiger partial charge >= 0.3 is 0 Å². The van der Waals surface area contributed by atoms with Gasteiger partial charge in [0, 0.05) is 27.7 Å². The van der Waals surface area contributed by atoms with Crippen molar-refractivity contribution in [3.63, 3.8) is 0 Å². The fourth-order valence-corrected chi connectivity index (χ4v) is 1.77. The predicted molar refractivity (Wildman–Crippen MR) is 80.5 cm³/mol. The molecule has 1 aromatic carbocycles. The lowest BCUT2D eigenvalue weighted by Gasteiger charge is -2.26. The van der Waals surface area contributed by atoms with Crippen molar-refractivity contribution in [1.29, 1.82) is 0 Å². The SMILES string of the molecule is COCCN(CC(=O)N(C)C)C(=O)C(N)c1ccccc1. The van der Waals surface area contributed by atoms with E-state index in [4.69, 9.17) is 10.5 Å². The van der Waals surface area contributed by atoms with Crippen LogP contribution in [0.3, 0.4) is 0 Å². The molecule has 6 heteroatoms. The number of nitrogens with zero attached hydrogens (tertiary/aromatic N) is 2. The van der Waals surface area contributed by atoms with Crippen molar-refractivity contribution in [3.8, 4) is 0 Å². The van der Waals surface area contributed by atoms with Gasteiger partial charge in [-0.25, -0.2) is 0 Å². The van der Waals surface area contributed by atoms with Crippen molar-refractivity contribution in [1.82, 2.24) is 9.80 Å². The molecule has 116 valence electrons. The Hall–Kier alpha value is -1.92. The van der Waals surface area contributed by atoms with Gasteiger partial charge in [0.25, 0.3) is 0 Å². The van der Waals surface area contributed by atoms with Crippen LogP contribution in [0, 0.1) is 0 Å². The third-order valence-electron chi connectivity index (χ3n) is 3.13. The van der Waals surface area contributed by atoms with Gasteiger partial charge in [0.2, 0.25) is 11.8 Å². The molecule has 0 heterocycles. The van der Waals surface area contributed by atoms with Crippen LogP contribution >= 0.6 is 0 Å². The van der Waals surface area contributed by atoms with Gasteiger partial charge < -0.3 is 20.3 Å². The highest BCUT2D eigenvalue weighted by atomic mass is 16.5. The number of rotatable bonds is 7. The van der Waals surface area contributed by atoms with Crippen molar-refractivity contribution in [3.05, 3.63) is 35.9 Å². The van der Waals surface area contributed by atoms with E-state index in [9.17, 15) is 9.59 Å². The maximum atomic E-state index is 12.5. The number of hydrogen-bond acceptors (Lipinski definition) is 4. The number of nitrogens with two attached hydrogens (primary N) is 1. The normalized spacial score (nSPS) is 11.8. The summed E-state index contributed by atoms with van der Waals surface area (Å²) in [5.74, 6) is -0.437. The molecule has 0 aromatic heterocycles. The van der Waals surface area contributed by atoms with E-state index in [0.29, 0.717) is 13.2 Å². The summed E-state index contributed by atoms with van der Waals surface area (Å²) in [6.07, 6.45) is 0. The van der Waals surface area contributed by atoms with Gasteiger partial charge in [0.1, 0.15) is 6.04 Å². The molecule has 1 aromatic rings. The zero-order chi connectivity index (χ0) is 15.8. The van der Waals surface area contributed by atoms with Crippen LogP contribution in [-0.2, 0) is 14.3 Å². The van der Waals surface area contributed by atoms with E-state index in [1.54, 1.807) is 33.3 Å². The molecule has 0 saturated carbocycles. The molecule has 6 nitrogen and oxygen atoms in total. The predicted octanol–water partition coefficient (Wildman–Crippen LogP) is 0.250. The fourth-order valence-electron chi connectivity index (χ4n) is 1.77. The highest BCUT2D eigenvalue weighted by Gasteiger charge is 2.24. The molecule has 0 spiro atoms. The quantitative estimate of drug-likeness (QED) is 0.782. The molecular weight excluding hydrogens is 270 g/mol. The summed E-state index contributed by atoms with van der Waals surface area (Å²) in [7, 11) is 4.85. The first-order valence-corrected chi connectivity index (χ1v) is 6.75. The number of hydrogen-bond donors (Lipinski definition) is 1. The second kappa shape index (κ2) is 8.39. The van der Waals surface area contributed by atoms with Gasteiger partial charge in [-0.15, -0.1) is 0 Å². The lowest BCUT2D eigenvalue weighted by atomic mass is 10.1. The summed E-state index contributed by atoms with van der Waals surface area (Å²) in [5.41, 5.74) is 6.73. The van der Waals surface area contributed by atoms with Crippen LogP contribution < -0.4 is 5.73 Å². The molecule has 1 atom stereocenters. The van der Waals surface area contributed by atoms with Gasteiger partial charge in [0.15, 0.2) is 0 Å². The molecule has 1 unspecified atom stereocenters. The highest BCUT2D eigenvalue weighted by molar-refractivity contribution is 5.88. The summed E-state index contributed by atoms with van der Waals surface area (Å²) in [6, 6.07) is 8.33. The molecule has 2 N–H and O–H groups in total. The van der Waals surface area contributed by atoms with Crippen LogP contribution in [0.4, 0.5) is 0 Å². The van der Waals surface area contributed by atoms with E-state index in [-0.39, 0.29) is 18.4 Å². The van der Waals surface area contributed by atoms with E-state index < -0.39 is 6.04 Å². The van der Waals surface area contributed by atoms with Gasteiger partial charge in [-0.2, -0.15) is 0 Å². The van der Waals surface area contributed by atoms with E-state index in [1.807, 2.05) is 18.2 Å². The van der Waals surface area contributed by atoms with Crippen molar-refractivity contribution in [2.45, 2.75) is 6.04 Å². The van der Waals surface area contributed by atoms with Crippen LogP contribution in [0.15, 0.2) is 30.3 Å². The number of benzene rings is 1. The second-order valence-electron chi connectivity index (χ2n) is 4.93. The van der Waals surface area contributed by atoms with E-state index in [1.165, 1.54) is 9.80 Å². The van der Waals surface area contributed by atoms with E-state index in [2.05, 4.69) is 0 Å². The monoisotopic (exact) mass is 293 g/mol. The Bertz CT molecular complexity index is 462. The Morgan fingerprint density at radius 3 is 2.38 bits per heavy atom. The van der Waals surface area contributed by atoms with Crippen LogP contribution in [0.1, 0.15) is 11.6 Å². The maximum Gasteiger partial charge on any atom is 0.244 e. The minimum atomic E-state index is -0.780. The van der Waals surface area contributed by atoms with Gasteiger partial charge in [-0.1, -0.05) is 30.3 Å². The summed E-state index contributed by atoms with van der Waals surface area (Å²) >= 11 is 0. The smallest absolute Gasteiger partial charge is 0.244 e. The first-order valence-electron chi connectivity index (χ1n) is 6.75. The zero-order valence-electron chi connectivity index (χ0n) is 12.8. The van der Waals surface area contributed by atoms with Crippen LogP contribution in [0.25, 0.3) is 0 Å².